The Balaban J connectivity index is 1.89. The van der Waals surface area contributed by atoms with Gasteiger partial charge in [-0.25, -0.2) is 10.2 Å². The zero-order valence-electron chi connectivity index (χ0n) is 13.2. The quantitative estimate of drug-likeness (QED) is 0.354. The number of benzene rings is 2. The topological polar surface area (TPSA) is 96.9 Å². The van der Waals surface area contributed by atoms with Gasteiger partial charge in [0.05, 0.1) is 18.9 Å². The van der Waals surface area contributed by atoms with E-state index in [0.717, 1.165) is 4.47 Å². The number of ether oxygens (including phenoxy) is 1. The fourth-order valence-electron chi connectivity index (χ4n) is 1.79. The molecular formula is C17H14BrN3O4. The van der Waals surface area contributed by atoms with E-state index >= 15 is 0 Å². The molecule has 2 rings (SSSR count). The van der Waals surface area contributed by atoms with Gasteiger partial charge in [0.25, 0.3) is 0 Å². The molecule has 7 nitrogen and oxygen atoms in total. The number of nitrogens with one attached hydrogen (secondary N) is 2. The van der Waals surface area contributed by atoms with Gasteiger partial charge in [-0.3, -0.25) is 9.59 Å². The second-order valence-electron chi connectivity index (χ2n) is 4.78. The number of esters is 1. The van der Waals surface area contributed by atoms with Gasteiger partial charge in [-0.2, -0.15) is 5.10 Å². The summed E-state index contributed by atoms with van der Waals surface area (Å²) in [6, 6.07) is 13.2. The van der Waals surface area contributed by atoms with Crippen LogP contribution in [0.15, 0.2) is 58.1 Å². The summed E-state index contributed by atoms with van der Waals surface area (Å²) in [6.45, 7) is 0. The highest BCUT2D eigenvalue weighted by atomic mass is 79.9. The summed E-state index contributed by atoms with van der Waals surface area (Å²) in [7, 11) is 1.30. The Hall–Kier alpha value is -3.00. The normalized spacial score (nSPS) is 10.3. The molecule has 128 valence electrons. The van der Waals surface area contributed by atoms with Crippen molar-refractivity contribution < 1.29 is 19.1 Å². The molecule has 0 aliphatic carbocycles. The number of anilines is 1. The Bertz CT molecular complexity index is 819. The summed E-state index contributed by atoms with van der Waals surface area (Å²) in [5, 5.41) is 6.16. The van der Waals surface area contributed by atoms with Gasteiger partial charge in [-0.05, 0) is 35.9 Å². The summed E-state index contributed by atoms with van der Waals surface area (Å²) in [5.41, 5.74) is 3.65. The molecule has 0 spiro atoms. The van der Waals surface area contributed by atoms with E-state index in [1.165, 1.54) is 13.3 Å². The van der Waals surface area contributed by atoms with Gasteiger partial charge < -0.3 is 10.1 Å². The van der Waals surface area contributed by atoms with E-state index < -0.39 is 17.8 Å². The zero-order chi connectivity index (χ0) is 18.2. The number of rotatable bonds is 4. The summed E-state index contributed by atoms with van der Waals surface area (Å²) in [5.74, 6) is -2.18. The molecule has 0 bridgehead atoms. The first-order valence-corrected chi connectivity index (χ1v) is 7.87. The first-order chi connectivity index (χ1) is 12.0. The van der Waals surface area contributed by atoms with Crippen molar-refractivity contribution in [2.45, 2.75) is 0 Å². The molecule has 8 heteroatoms. The largest absolute Gasteiger partial charge is 0.465 e. The molecule has 0 unspecified atom stereocenters. The van der Waals surface area contributed by atoms with Crippen LogP contribution in [0.3, 0.4) is 0 Å². The lowest BCUT2D eigenvalue weighted by Gasteiger charge is -2.04. The maximum atomic E-state index is 11.8. The summed E-state index contributed by atoms with van der Waals surface area (Å²) < 4.78 is 5.37. The van der Waals surface area contributed by atoms with Crippen molar-refractivity contribution in [3.63, 3.8) is 0 Å². The van der Waals surface area contributed by atoms with Gasteiger partial charge in [0.2, 0.25) is 0 Å². The van der Waals surface area contributed by atoms with E-state index in [9.17, 15) is 14.4 Å². The van der Waals surface area contributed by atoms with Crippen LogP contribution < -0.4 is 10.7 Å². The Morgan fingerprint density at radius 1 is 1.08 bits per heavy atom. The predicted octanol–water partition coefficient (Wildman–Crippen LogP) is 2.32. The van der Waals surface area contributed by atoms with Crippen LogP contribution >= 0.6 is 15.9 Å². The zero-order valence-corrected chi connectivity index (χ0v) is 14.7. The number of hydrogen-bond acceptors (Lipinski definition) is 5. The van der Waals surface area contributed by atoms with Crippen molar-refractivity contribution in [1.82, 2.24) is 5.43 Å². The summed E-state index contributed by atoms with van der Waals surface area (Å²) in [6.07, 6.45) is 1.35. The molecule has 2 amide bonds. The van der Waals surface area contributed by atoms with Crippen LogP contribution in [0.5, 0.6) is 0 Å². The number of hydrazone groups is 1. The molecule has 0 aliphatic heterocycles. The van der Waals surface area contributed by atoms with E-state index in [4.69, 9.17) is 0 Å². The maximum Gasteiger partial charge on any atom is 0.337 e. The minimum Gasteiger partial charge on any atom is -0.465 e. The summed E-state index contributed by atoms with van der Waals surface area (Å²) in [4.78, 5) is 34.8. The van der Waals surface area contributed by atoms with Crippen molar-refractivity contribution in [1.29, 1.82) is 0 Å². The van der Waals surface area contributed by atoms with Crippen molar-refractivity contribution >= 4 is 45.6 Å². The number of hydrogen-bond donors (Lipinski definition) is 2. The number of nitrogens with zero attached hydrogens (tertiary/aromatic N) is 1. The number of methoxy groups -OCH3 is 1. The van der Waals surface area contributed by atoms with E-state index in [2.05, 4.69) is 36.5 Å². The predicted molar refractivity (Wildman–Crippen MR) is 96.3 cm³/mol. The van der Waals surface area contributed by atoms with Crippen molar-refractivity contribution in [2.75, 3.05) is 12.4 Å². The van der Waals surface area contributed by atoms with Gasteiger partial charge in [0, 0.05) is 10.2 Å². The lowest BCUT2D eigenvalue weighted by atomic mass is 10.1. The second-order valence-corrected chi connectivity index (χ2v) is 5.69. The van der Waals surface area contributed by atoms with Crippen LogP contribution in [0.1, 0.15) is 15.9 Å². The molecule has 0 saturated carbocycles. The highest BCUT2D eigenvalue weighted by Gasteiger charge is 2.12. The lowest BCUT2D eigenvalue weighted by Crippen LogP contribution is -2.32. The van der Waals surface area contributed by atoms with Crippen LogP contribution in [0, 0.1) is 0 Å². The van der Waals surface area contributed by atoms with Crippen molar-refractivity contribution in [2.24, 2.45) is 5.10 Å². The Morgan fingerprint density at radius 2 is 1.80 bits per heavy atom. The number of halogens is 1. The van der Waals surface area contributed by atoms with Crippen molar-refractivity contribution in [3.05, 3.63) is 64.1 Å². The fraction of sp³-hybridized carbons (Fsp3) is 0.0588. The van der Waals surface area contributed by atoms with Crippen LogP contribution in [0.25, 0.3) is 0 Å². The highest BCUT2D eigenvalue weighted by molar-refractivity contribution is 9.10. The van der Waals surface area contributed by atoms with E-state index in [0.29, 0.717) is 16.8 Å². The second kappa shape index (κ2) is 8.74. The molecule has 2 aromatic rings. The average Bonchev–Trinajstić information content (AvgIpc) is 2.61. The molecule has 2 N–H and O–H groups in total. The molecule has 2 aromatic carbocycles. The van der Waals surface area contributed by atoms with E-state index in [1.54, 1.807) is 48.5 Å². The molecule has 0 saturated heterocycles. The lowest BCUT2D eigenvalue weighted by molar-refractivity contribution is -0.136. The first-order valence-electron chi connectivity index (χ1n) is 7.08. The number of carbonyl (C=O) groups is 3. The van der Waals surface area contributed by atoms with E-state index in [-0.39, 0.29) is 0 Å². The van der Waals surface area contributed by atoms with Crippen LogP contribution in [-0.2, 0) is 14.3 Å². The van der Waals surface area contributed by atoms with Gasteiger partial charge in [-0.15, -0.1) is 0 Å². The smallest absolute Gasteiger partial charge is 0.337 e. The maximum absolute atomic E-state index is 11.8. The third-order valence-corrected chi connectivity index (χ3v) is 3.49. The molecule has 0 aliphatic rings. The third-order valence-electron chi connectivity index (χ3n) is 3.00. The molecule has 0 heterocycles. The minimum atomic E-state index is -0.901. The van der Waals surface area contributed by atoms with Gasteiger partial charge in [0.1, 0.15) is 0 Å². The molecule has 25 heavy (non-hydrogen) atoms. The molecule has 0 radical (unpaired) electrons. The van der Waals surface area contributed by atoms with Gasteiger partial charge in [-0.1, -0.05) is 34.1 Å². The summed E-state index contributed by atoms with van der Waals surface area (Å²) >= 11 is 3.27. The molecule has 0 atom stereocenters. The fourth-order valence-corrected chi connectivity index (χ4v) is 2.19. The Kier molecular flexibility index (Phi) is 6.41. The van der Waals surface area contributed by atoms with Crippen molar-refractivity contribution in [3.8, 4) is 0 Å². The van der Waals surface area contributed by atoms with Gasteiger partial charge >= 0.3 is 17.8 Å². The third kappa shape index (κ3) is 5.54. The minimum absolute atomic E-state index is 0.400. The van der Waals surface area contributed by atoms with Crippen LogP contribution in [0.2, 0.25) is 0 Å². The average molecular weight is 404 g/mol. The number of amides is 2. The molecular weight excluding hydrogens is 390 g/mol. The SMILES string of the molecule is COC(=O)c1ccc(/C=N\NC(=O)C(=O)Nc2cccc(Br)c2)cc1. The monoisotopic (exact) mass is 403 g/mol. The van der Waals surface area contributed by atoms with E-state index in [1.807, 2.05) is 0 Å². The first kappa shape index (κ1) is 18.3. The Morgan fingerprint density at radius 3 is 2.44 bits per heavy atom. The standard InChI is InChI=1S/C17H14BrN3O4/c1-25-17(24)12-7-5-11(6-8-12)10-19-21-16(23)15(22)20-14-4-2-3-13(18)9-14/h2-10H,1H3,(H,20,22)(H,21,23)/b19-10-. The number of carbonyl (C=O) groups excluding carboxylic acids is 3. The highest BCUT2D eigenvalue weighted by Crippen LogP contribution is 2.15. The van der Waals surface area contributed by atoms with Crippen LogP contribution in [-0.4, -0.2) is 31.1 Å². The Labute approximate surface area is 152 Å². The van der Waals surface area contributed by atoms with Crippen LogP contribution in [0.4, 0.5) is 5.69 Å². The molecule has 0 aromatic heterocycles. The van der Waals surface area contributed by atoms with Gasteiger partial charge in [0.15, 0.2) is 0 Å². The molecule has 0 fully saturated rings.